The van der Waals surface area contributed by atoms with Crippen LogP contribution < -0.4 is 24.8 Å². The third kappa shape index (κ3) is 3.80. The Morgan fingerprint density at radius 3 is 2.56 bits per heavy atom. The number of ether oxygens (including phenoxy) is 3. The molecule has 1 aromatic carbocycles. The maximum atomic E-state index is 12.4. The first-order valence-electron chi connectivity index (χ1n) is 7.86. The lowest BCUT2D eigenvalue weighted by Gasteiger charge is -2.12. The number of nitrogens with one attached hydrogen (secondary N) is 3. The van der Waals surface area contributed by atoms with Crippen LogP contribution in [0, 0.1) is 0 Å². The minimum atomic E-state index is -0.430. The van der Waals surface area contributed by atoms with Crippen molar-refractivity contribution in [2.24, 2.45) is 0 Å². The second kappa shape index (κ2) is 7.96. The number of methoxy groups -OCH3 is 3. The van der Waals surface area contributed by atoms with Gasteiger partial charge < -0.3 is 29.8 Å². The van der Waals surface area contributed by atoms with Gasteiger partial charge >= 0.3 is 0 Å². The minimum absolute atomic E-state index is 0.183. The van der Waals surface area contributed by atoms with E-state index < -0.39 is 5.91 Å². The third-order valence-corrected chi connectivity index (χ3v) is 4.44. The Morgan fingerprint density at radius 2 is 1.93 bits per heavy atom. The number of fused-ring (bicyclic) bond motifs is 1. The van der Waals surface area contributed by atoms with Gasteiger partial charge in [0.25, 0.3) is 5.91 Å². The average Bonchev–Trinajstić information content (AvgIpc) is 3.33. The van der Waals surface area contributed by atoms with Crippen LogP contribution in [0.5, 0.6) is 17.2 Å². The number of rotatable bonds is 7. The molecule has 142 valence electrons. The molecule has 0 unspecified atom stereocenters. The number of hydrogen-bond donors (Lipinski definition) is 3. The first kappa shape index (κ1) is 18.5. The highest BCUT2D eigenvalue weighted by Crippen LogP contribution is 2.43. The molecule has 2 heterocycles. The van der Waals surface area contributed by atoms with Crippen molar-refractivity contribution >= 4 is 39.2 Å². The lowest BCUT2D eigenvalue weighted by molar-refractivity contribution is -0.115. The van der Waals surface area contributed by atoms with E-state index in [4.69, 9.17) is 14.2 Å². The van der Waals surface area contributed by atoms with Crippen LogP contribution >= 0.6 is 11.3 Å². The van der Waals surface area contributed by atoms with Crippen molar-refractivity contribution in [3.8, 4) is 17.2 Å². The molecular formula is C17H18N4O5S. The Hall–Kier alpha value is -3.27. The van der Waals surface area contributed by atoms with Crippen LogP contribution in [0.1, 0.15) is 10.5 Å². The van der Waals surface area contributed by atoms with Gasteiger partial charge in [-0.05, 0) is 12.1 Å². The lowest BCUT2D eigenvalue weighted by atomic mass is 10.2. The molecule has 3 rings (SSSR count). The summed E-state index contributed by atoms with van der Waals surface area (Å²) in [7, 11) is 4.52. The number of nitrogens with zero attached hydrogens (tertiary/aromatic N) is 1. The Labute approximate surface area is 158 Å². The lowest BCUT2D eigenvalue weighted by Crippen LogP contribution is -2.33. The Bertz CT molecular complexity index is 968. The molecule has 0 spiro atoms. The number of amides is 2. The van der Waals surface area contributed by atoms with Crippen LogP contribution in [0.15, 0.2) is 23.7 Å². The first-order valence-corrected chi connectivity index (χ1v) is 8.74. The summed E-state index contributed by atoms with van der Waals surface area (Å²) in [5.74, 6) is 0.531. The van der Waals surface area contributed by atoms with E-state index in [1.165, 1.54) is 32.7 Å². The molecule has 0 aliphatic carbocycles. The molecule has 0 aliphatic rings. The van der Waals surface area contributed by atoms with E-state index >= 15 is 0 Å². The smallest absolute Gasteiger partial charge is 0.268 e. The van der Waals surface area contributed by atoms with E-state index in [2.05, 4.69) is 20.6 Å². The second-order valence-electron chi connectivity index (χ2n) is 5.36. The number of benzene rings is 1. The zero-order valence-electron chi connectivity index (χ0n) is 14.9. The fourth-order valence-electron chi connectivity index (χ4n) is 2.57. The predicted octanol–water partition coefficient (Wildman–Crippen LogP) is 2.02. The molecule has 3 N–H and O–H groups in total. The van der Waals surface area contributed by atoms with E-state index in [0.717, 1.165) is 0 Å². The number of hydrogen-bond acceptors (Lipinski definition) is 7. The maximum Gasteiger partial charge on any atom is 0.268 e. The molecule has 2 amide bonds. The summed E-state index contributed by atoms with van der Waals surface area (Å²) >= 11 is 1.30. The maximum absolute atomic E-state index is 12.4. The van der Waals surface area contributed by atoms with Gasteiger partial charge in [0.2, 0.25) is 11.7 Å². The van der Waals surface area contributed by atoms with Crippen molar-refractivity contribution in [3.63, 3.8) is 0 Å². The molecular weight excluding hydrogens is 372 g/mol. The Morgan fingerprint density at radius 1 is 1.15 bits per heavy atom. The van der Waals surface area contributed by atoms with Crippen molar-refractivity contribution in [1.29, 1.82) is 0 Å². The SMILES string of the molecule is COc1cc2cc(C(=O)NCC(=O)Nc3nccs3)[nH]c2c(OC)c1OC. The normalized spacial score (nSPS) is 10.5. The summed E-state index contributed by atoms with van der Waals surface area (Å²) < 4.78 is 16.0. The number of anilines is 1. The second-order valence-corrected chi connectivity index (χ2v) is 6.26. The zero-order valence-corrected chi connectivity index (χ0v) is 15.7. The topological polar surface area (TPSA) is 115 Å². The van der Waals surface area contributed by atoms with Gasteiger partial charge in [-0.1, -0.05) is 0 Å². The summed E-state index contributed by atoms with van der Waals surface area (Å²) in [6.07, 6.45) is 1.58. The highest BCUT2D eigenvalue weighted by atomic mass is 32.1. The van der Waals surface area contributed by atoms with E-state index in [1.807, 2.05) is 0 Å². The summed E-state index contributed by atoms with van der Waals surface area (Å²) in [5, 5.41) is 8.08. The zero-order chi connectivity index (χ0) is 19.4. The summed E-state index contributed by atoms with van der Waals surface area (Å²) in [6, 6.07) is 3.38. The van der Waals surface area contributed by atoms with Gasteiger partial charge in [-0.3, -0.25) is 9.59 Å². The van der Waals surface area contributed by atoms with Gasteiger partial charge in [0, 0.05) is 17.0 Å². The number of carbonyl (C=O) groups excluding carboxylic acids is 2. The third-order valence-electron chi connectivity index (χ3n) is 3.75. The molecule has 9 nitrogen and oxygen atoms in total. The Kier molecular flexibility index (Phi) is 5.46. The minimum Gasteiger partial charge on any atom is -0.493 e. The van der Waals surface area contributed by atoms with Crippen LogP contribution in [0.2, 0.25) is 0 Å². The fourth-order valence-corrected chi connectivity index (χ4v) is 3.12. The van der Waals surface area contributed by atoms with E-state index in [1.54, 1.807) is 23.7 Å². The molecule has 0 radical (unpaired) electrons. The largest absolute Gasteiger partial charge is 0.493 e. The van der Waals surface area contributed by atoms with Gasteiger partial charge in [0.15, 0.2) is 16.6 Å². The highest BCUT2D eigenvalue weighted by molar-refractivity contribution is 7.13. The van der Waals surface area contributed by atoms with Gasteiger partial charge in [0.05, 0.1) is 33.4 Å². The number of H-pyrrole nitrogens is 1. The van der Waals surface area contributed by atoms with Crippen molar-refractivity contribution in [1.82, 2.24) is 15.3 Å². The first-order chi connectivity index (χ1) is 13.1. The standard InChI is InChI=1S/C17H18N4O5S/c1-24-11-7-9-6-10(20-13(9)15(26-3)14(11)25-2)16(23)19-8-12(22)21-17-18-4-5-27-17/h4-7,20H,8H2,1-3H3,(H,19,23)(H,18,21,22). The molecule has 0 atom stereocenters. The average molecular weight is 390 g/mol. The van der Waals surface area contributed by atoms with Crippen LogP contribution in [-0.2, 0) is 4.79 Å². The van der Waals surface area contributed by atoms with E-state index in [9.17, 15) is 9.59 Å². The van der Waals surface area contributed by atoms with Crippen molar-refractivity contribution < 1.29 is 23.8 Å². The van der Waals surface area contributed by atoms with E-state index in [-0.39, 0.29) is 18.1 Å². The van der Waals surface area contributed by atoms with Crippen LogP contribution in [0.4, 0.5) is 5.13 Å². The van der Waals surface area contributed by atoms with Crippen LogP contribution in [0.25, 0.3) is 10.9 Å². The molecule has 0 saturated heterocycles. The molecule has 2 aromatic heterocycles. The van der Waals surface area contributed by atoms with Gasteiger partial charge in [-0.25, -0.2) is 4.98 Å². The monoisotopic (exact) mass is 390 g/mol. The highest BCUT2D eigenvalue weighted by Gasteiger charge is 2.20. The predicted molar refractivity (Wildman–Crippen MR) is 101 cm³/mol. The quantitative estimate of drug-likeness (QED) is 0.569. The van der Waals surface area contributed by atoms with Crippen LogP contribution in [-0.4, -0.2) is 49.7 Å². The van der Waals surface area contributed by atoms with E-state index in [0.29, 0.717) is 33.3 Å². The molecule has 3 aromatic rings. The number of aromatic amines is 1. The number of thiazole rings is 1. The number of aromatic nitrogens is 2. The van der Waals surface area contributed by atoms with Gasteiger partial charge in [-0.2, -0.15) is 0 Å². The Balaban J connectivity index is 1.78. The summed E-state index contributed by atoms with van der Waals surface area (Å²) in [5.41, 5.74) is 0.869. The molecule has 10 heteroatoms. The molecule has 0 saturated carbocycles. The molecule has 0 fully saturated rings. The van der Waals surface area contributed by atoms with Crippen molar-refractivity contribution in [3.05, 3.63) is 29.4 Å². The van der Waals surface area contributed by atoms with Gasteiger partial charge in [-0.15, -0.1) is 11.3 Å². The molecule has 0 bridgehead atoms. The number of carbonyl (C=O) groups is 2. The summed E-state index contributed by atoms with van der Waals surface area (Å²) in [6.45, 7) is -0.183. The van der Waals surface area contributed by atoms with Crippen LogP contribution in [0.3, 0.4) is 0 Å². The van der Waals surface area contributed by atoms with Crippen molar-refractivity contribution in [2.45, 2.75) is 0 Å². The summed E-state index contributed by atoms with van der Waals surface area (Å²) in [4.78, 5) is 31.2. The molecule has 0 aliphatic heterocycles. The van der Waals surface area contributed by atoms with Crippen molar-refractivity contribution in [2.75, 3.05) is 33.2 Å². The fraction of sp³-hybridized carbons (Fsp3) is 0.235. The molecule has 27 heavy (non-hydrogen) atoms. The van der Waals surface area contributed by atoms with Gasteiger partial charge in [0.1, 0.15) is 5.69 Å².